The molecule has 0 amide bonds. The summed E-state index contributed by atoms with van der Waals surface area (Å²) >= 11 is 1.72. The fourth-order valence-electron chi connectivity index (χ4n) is 3.15. The van der Waals surface area contributed by atoms with E-state index < -0.39 is 0 Å². The van der Waals surface area contributed by atoms with Gasteiger partial charge in [0.15, 0.2) is 0 Å². The van der Waals surface area contributed by atoms with Crippen molar-refractivity contribution in [1.29, 1.82) is 0 Å². The lowest BCUT2D eigenvalue weighted by Gasteiger charge is -2.15. The van der Waals surface area contributed by atoms with Crippen molar-refractivity contribution in [2.24, 2.45) is 0 Å². The number of nitrogens with one attached hydrogen (secondary N) is 1. The molecule has 1 atom stereocenters. The highest BCUT2D eigenvalue weighted by molar-refractivity contribution is 7.13. The van der Waals surface area contributed by atoms with Gasteiger partial charge in [0.1, 0.15) is 12.4 Å². The normalized spacial score (nSPS) is 17.3. The standard InChI is InChI=1S/C19H20N2O2S/c1-22-14-6-7-15-16(10-14)19(23-12-13-4-2-8-20-13)21-11-17(15)18-5-3-9-24-18/h3,5-7,9-11,13,20H,2,4,8,12H2,1H3. The zero-order valence-electron chi connectivity index (χ0n) is 13.6. The van der Waals surface area contributed by atoms with E-state index in [2.05, 4.69) is 33.9 Å². The van der Waals surface area contributed by atoms with Gasteiger partial charge in [-0.15, -0.1) is 11.3 Å². The van der Waals surface area contributed by atoms with Gasteiger partial charge in [0.25, 0.3) is 0 Å². The average molecular weight is 340 g/mol. The lowest BCUT2D eigenvalue weighted by Crippen LogP contribution is -2.28. The maximum Gasteiger partial charge on any atom is 0.221 e. The van der Waals surface area contributed by atoms with Crippen LogP contribution in [0.4, 0.5) is 0 Å². The van der Waals surface area contributed by atoms with Crippen molar-refractivity contribution in [2.45, 2.75) is 18.9 Å². The van der Waals surface area contributed by atoms with Gasteiger partial charge in [-0.25, -0.2) is 4.98 Å². The Hall–Kier alpha value is -2.11. The topological polar surface area (TPSA) is 43.4 Å². The second kappa shape index (κ2) is 6.79. The molecule has 1 saturated heterocycles. The van der Waals surface area contributed by atoms with Crippen LogP contribution in [0.2, 0.25) is 0 Å². The lowest BCUT2D eigenvalue weighted by molar-refractivity contribution is 0.271. The molecule has 0 bridgehead atoms. The smallest absolute Gasteiger partial charge is 0.221 e. The molecule has 1 aliphatic heterocycles. The molecule has 124 valence electrons. The Kier molecular flexibility index (Phi) is 4.36. The summed E-state index contributed by atoms with van der Waals surface area (Å²) < 4.78 is 11.4. The van der Waals surface area contributed by atoms with Crippen molar-refractivity contribution in [3.63, 3.8) is 0 Å². The summed E-state index contributed by atoms with van der Waals surface area (Å²) in [5.74, 6) is 1.49. The molecule has 2 aromatic heterocycles. The quantitative estimate of drug-likeness (QED) is 0.759. The molecule has 5 heteroatoms. The number of nitrogens with zero attached hydrogens (tertiary/aromatic N) is 1. The molecule has 1 N–H and O–H groups in total. The zero-order valence-corrected chi connectivity index (χ0v) is 14.4. The highest BCUT2D eigenvalue weighted by Crippen LogP contribution is 2.36. The van der Waals surface area contributed by atoms with Crippen LogP contribution < -0.4 is 14.8 Å². The molecule has 0 aliphatic carbocycles. The van der Waals surface area contributed by atoms with E-state index in [9.17, 15) is 0 Å². The summed E-state index contributed by atoms with van der Waals surface area (Å²) in [6.07, 6.45) is 4.29. The number of hydrogen-bond acceptors (Lipinski definition) is 5. The van der Waals surface area contributed by atoms with E-state index in [1.54, 1.807) is 18.4 Å². The second-order valence-electron chi connectivity index (χ2n) is 5.97. The number of rotatable bonds is 5. The van der Waals surface area contributed by atoms with Crippen molar-refractivity contribution in [3.8, 4) is 22.1 Å². The van der Waals surface area contributed by atoms with Crippen molar-refractivity contribution in [3.05, 3.63) is 41.9 Å². The van der Waals surface area contributed by atoms with Crippen LogP contribution in [0.5, 0.6) is 11.6 Å². The molecule has 4 rings (SSSR count). The van der Waals surface area contributed by atoms with E-state index >= 15 is 0 Å². The summed E-state index contributed by atoms with van der Waals surface area (Å²) in [4.78, 5) is 5.81. The molecule has 1 aliphatic rings. The maximum atomic E-state index is 6.05. The number of methoxy groups -OCH3 is 1. The Morgan fingerprint density at radius 2 is 2.25 bits per heavy atom. The molecule has 1 unspecified atom stereocenters. The van der Waals surface area contributed by atoms with Gasteiger partial charge in [0.05, 0.1) is 7.11 Å². The van der Waals surface area contributed by atoms with Gasteiger partial charge in [-0.3, -0.25) is 0 Å². The van der Waals surface area contributed by atoms with Gasteiger partial charge in [0.2, 0.25) is 5.88 Å². The Balaban J connectivity index is 1.74. The van der Waals surface area contributed by atoms with Gasteiger partial charge >= 0.3 is 0 Å². The van der Waals surface area contributed by atoms with E-state index in [0.29, 0.717) is 18.5 Å². The number of aromatic nitrogens is 1. The summed E-state index contributed by atoms with van der Waals surface area (Å²) in [6.45, 7) is 1.73. The third-order valence-corrected chi connectivity index (χ3v) is 5.33. The number of thiophene rings is 1. The third-order valence-electron chi connectivity index (χ3n) is 4.43. The second-order valence-corrected chi connectivity index (χ2v) is 6.92. The zero-order chi connectivity index (χ0) is 16.4. The van der Waals surface area contributed by atoms with E-state index in [0.717, 1.165) is 35.1 Å². The van der Waals surface area contributed by atoms with Crippen molar-refractivity contribution < 1.29 is 9.47 Å². The summed E-state index contributed by atoms with van der Waals surface area (Å²) in [7, 11) is 1.68. The monoisotopic (exact) mass is 340 g/mol. The lowest BCUT2D eigenvalue weighted by atomic mass is 10.1. The van der Waals surface area contributed by atoms with Crippen LogP contribution in [-0.2, 0) is 0 Å². The molecule has 0 saturated carbocycles. The van der Waals surface area contributed by atoms with Crippen LogP contribution >= 0.6 is 11.3 Å². The van der Waals surface area contributed by atoms with E-state index in [1.807, 2.05) is 18.3 Å². The van der Waals surface area contributed by atoms with Crippen LogP contribution in [0, 0.1) is 0 Å². The average Bonchev–Trinajstić information content (AvgIpc) is 3.32. The minimum Gasteiger partial charge on any atom is -0.497 e. The molecule has 3 aromatic rings. The number of pyridine rings is 1. The first-order chi connectivity index (χ1) is 11.8. The molecular formula is C19H20N2O2S. The molecule has 1 fully saturated rings. The van der Waals surface area contributed by atoms with E-state index in [4.69, 9.17) is 9.47 Å². The van der Waals surface area contributed by atoms with Gasteiger partial charge in [-0.1, -0.05) is 6.07 Å². The minimum atomic E-state index is 0.421. The maximum absolute atomic E-state index is 6.05. The SMILES string of the molecule is COc1ccc2c(-c3cccs3)cnc(OCC3CCCN3)c2c1. The Bertz CT molecular complexity index is 827. The van der Waals surface area contributed by atoms with Crippen LogP contribution in [0.15, 0.2) is 41.9 Å². The summed E-state index contributed by atoms with van der Waals surface area (Å²) in [6, 6.07) is 10.7. The van der Waals surface area contributed by atoms with Crippen molar-refractivity contribution >= 4 is 22.1 Å². The molecule has 3 heterocycles. The summed E-state index contributed by atoms with van der Waals surface area (Å²) in [5.41, 5.74) is 1.13. The molecular weight excluding hydrogens is 320 g/mol. The highest BCUT2D eigenvalue weighted by Gasteiger charge is 2.17. The molecule has 1 aromatic carbocycles. The predicted octanol–water partition coefficient (Wildman–Crippen LogP) is 4.10. The molecule has 24 heavy (non-hydrogen) atoms. The predicted molar refractivity (Wildman–Crippen MR) is 98.1 cm³/mol. The fourth-order valence-corrected chi connectivity index (χ4v) is 3.90. The third kappa shape index (κ3) is 2.97. The molecule has 4 nitrogen and oxygen atoms in total. The largest absolute Gasteiger partial charge is 0.497 e. The van der Waals surface area contributed by atoms with E-state index in [1.165, 1.54) is 11.3 Å². The van der Waals surface area contributed by atoms with Gasteiger partial charge in [0, 0.05) is 28.1 Å². The first-order valence-corrected chi connectivity index (χ1v) is 9.10. The van der Waals surface area contributed by atoms with Gasteiger partial charge in [-0.2, -0.15) is 0 Å². The number of hydrogen-bond donors (Lipinski definition) is 1. The van der Waals surface area contributed by atoms with Crippen LogP contribution in [0.1, 0.15) is 12.8 Å². The first kappa shape index (κ1) is 15.4. The fraction of sp³-hybridized carbons (Fsp3) is 0.316. The van der Waals surface area contributed by atoms with Gasteiger partial charge in [-0.05, 0) is 54.4 Å². The first-order valence-electron chi connectivity index (χ1n) is 8.22. The Morgan fingerprint density at radius 3 is 3.00 bits per heavy atom. The summed E-state index contributed by atoms with van der Waals surface area (Å²) in [5, 5.41) is 7.68. The molecule has 0 spiro atoms. The van der Waals surface area contributed by atoms with Crippen molar-refractivity contribution in [2.75, 3.05) is 20.3 Å². The number of benzene rings is 1. The number of ether oxygens (including phenoxy) is 2. The Morgan fingerprint density at radius 1 is 1.29 bits per heavy atom. The van der Waals surface area contributed by atoms with E-state index in [-0.39, 0.29) is 0 Å². The highest BCUT2D eigenvalue weighted by atomic mass is 32.1. The molecule has 0 radical (unpaired) electrons. The van der Waals surface area contributed by atoms with Crippen LogP contribution in [0.3, 0.4) is 0 Å². The minimum absolute atomic E-state index is 0.421. The Labute approximate surface area is 145 Å². The van der Waals surface area contributed by atoms with Crippen LogP contribution in [0.25, 0.3) is 21.2 Å². The van der Waals surface area contributed by atoms with Crippen molar-refractivity contribution in [1.82, 2.24) is 10.3 Å². The number of fused-ring (bicyclic) bond motifs is 1. The van der Waals surface area contributed by atoms with Crippen LogP contribution in [-0.4, -0.2) is 31.3 Å². The van der Waals surface area contributed by atoms with Gasteiger partial charge < -0.3 is 14.8 Å².